The van der Waals surface area contributed by atoms with Gasteiger partial charge in [-0.1, -0.05) is 30.3 Å². The van der Waals surface area contributed by atoms with E-state index in [-0.39, 0.29) is 0 Å². The average Bonchev–Trinajstić information content (AvgIpc) is 2.45. The van der Waals surface area contributed by atoms with Gasteiger partial charge in [0.25, 0.3) is 0 Å². The summed E-state index contributed by atoms with van der Waals surface area (Å²) >= 11 is 1.57. The zero-order chi connectivity index (χ0) is 13.7. The summed E-state index contributed by atoms with van der Waals surface area (Å²) in [4.78, 5) is 12.1. The van der Waals surface area contributed by atoms with E-state index in [4.69, 9.17) is 9.84 Å². The topological polar surface area (TPSA) is 46.5 Å². The summed E-state index contributed by atoms with van der Waals surface area (Å²) in [5.41, 5.74) is 1.16. The van der Waals surface area contributed by atoms with Crippen molar-refractivity contribution in [2.45, 2.75) is 10.6 Å². The molecule has 0 heterocycles. The van der Waals surface area contributed by atoms with Crippen LogP contribution in [-0.2, 0) is 5.75 Å². The lowest BCUT2D eigenvalue weighted by Gasteiger charge is -2.09. The van der Waals surface area contributed by atoms with Crippen molar-refractivity contribution in [3.63, 3.8) is 0 Å². The number of rotatable bonds is 5. The minimum absolute atomic E-state index is 0.352. The van der Waals surface area contributed by atoms with Gasteiger partial charge in [0, 0.05) is 10.6 Å². The maximum Gasteiger partial charge on any atom is 0.335 e. The predicted octanol–water partition coefficient (Wildman–Crippen LogP) is 3.69. The number of carbonyl (C=O) groups is 1. The van der Waals surface area contributed by atoms with E-state index >= 15 is 0 Å². The molecule has 0 fully saturated rings. The Morgan fingerprint density at radius 3 is 2.58 bits per heavy atom. The van der Waals surface area contributed by atoms with Crippen LogP contribution in [0.15, 0.2) is 53.4 Å². The number of methoxy groups -OCH3 is 1. The van der Waals surface area contributed by atoms with E-state index < -0.39 is 5.97 Å². The molecule has 0 aromatic heterocycles. The third-order valence-electron chi connectivity index (χ3n) is 2.70. The Bertz CT molecular complexity index is 581. The van der Waals surface area contributed by atoms with Crippen LogP contribution >= 0.6 is 11.8 Å². The maximum atomic E-state index is 11.1. The molecule has 2 rings (SSSR count). The highest BCUT2D eigenvalue weighted by Crippen LogP contribution is 2.31. The van der Waals surface area contributed by atoms with Crippen molar-refractivity contribution < 1.29 is 14.6 Å². The van der Waals surface area contributed by atoms with Gasteiger partial charge in [0.2, 0.25) is 0 Å². The molecule has 0 unspecified atom stereocenters. The molecule has 0 amide bonds. The lowest BCUT2D eigenvalue weighted by Crippen LogP contribution is -2.00. The molecule has 98 valence electrons. The molecular formula is C15H14O3S. The van der Waals surface area contributed by atoms with E-state index in [1.54, 1.807) is 31.0 Å². The lowest BCUT2D eigenvalue weighted by atomic mass is 10.1. The van der Waals surface area contributed by atoms with E-state index in [1.807, 2.05) is 36.4 Å². The molecule has 0 aliphatic rings. The molecule has 19 heavy (non-hydrogen) atoms. The van der Waals surface area contributed by atoms with Crippen LogP contribution in [0.4, 0.5) is 0 Å². The lowest BCUT2D eigenvalue weighted by molar-refractivity contribution is 0.0696. The normalized spacial score (nSPS) is 10.2. The van der Waals surface area contributed by atoms with Gasteiger partial charge >= 0.3 is 5.97 Å². The molecule has 0 aliphatic heterocycles. The Morgan fingerprint density at radius 2 is 1.84 bits per heavy atom. The largest absolute Gasteiger partial charge is 0.496 e. The molecule has 2 aromatic rings. The standard InChI is InChI=1S/C15H14O3S/c1-18-13-8-4-5-9-14(13)19-10-11-6-2-3-7-12(11)15(16)17/h2-9H,10H2,1H3,(H,16,17). The molecule has 0 aliphatic carbocycles. The van der Waals surface area contributed by atoms with Crippen LogP contribution in [0, 0.1) is 0 Å². The Morgan fingerprint density at radius 1 is 1.16 bits per heavy atom. The fourth-order valence-corrected chi connectivity index (χ4v) is 2.78. The monoisotopic (exact) mass is 274 g/mol. The number of ether oxygens (including phenoxy) is 1. The van der Waals surface area contributed by atoms with Crippen molar-refractivity contribution >= 4 is 17.7 Å². The maximum absolute atomic E-state index is 11.1. The van der Waals surface area contributed by atoms with Gasteiger partial charge in [0.05, 0.1) is 12.7 Å². The number of hydrogen-bond acceptors (Lipinski definition) is 3. The van der Waals surface area contributed by atoms with Gasteiger partial charge in [0.1, 0.15) is 5.75 Å². The molecule has 3 nitrogen and oxygen atoms in total. The fraction of sp³-hybridized carbons (Fsp3) is 0.133. The SMILES string of the molecule is COc1ccccc1SCc1ccccc1C(=O)O. The number of aromatic carboxylic acids is 1. The molecule has 4 heteroatoms. The van der Waals surface area contributed by atoms with Crippen LogP contribution < -0.4 is 4.74 Å². The van der Waals surface area contributed by atoms with Crippen LogP contribution in [0.1, 0.15) is 15.9 Å². The molecule has 0 bridgehead atoms. The third-order valence-corrected chi connectivity index (χ3v) is 3.80. The van der Waals surface area contributed by atoms with Gasteiger partial charge in [0.15, 0.2) is 0 Å². The molecule has 1 N–H and O–H groups in total. The Kier molecular flexibility index (Phi) is 4.47. The highest BCUT2D eigenvalue weighted by molar-refractivity contribution is 7.98. The molecule has 0 spiro atoms. The minimum atomic E-state index is -0.892. The number of thioether (sulfide) groups is 1. The predicted molar refractivity (Wildman–Crippen MR) is 76.0 cm³/mol. The second-order valence-corrected chi connectivity index (χ2v) is 4.92. The van der Waals surface area contributed by atoms with Crippen molar-refractivity contribution in [1.29, 1.82) is 0 Å². The Hall–Kier alpha value is -1.94. The molecular weight excluding hydrogens is 260 g/mol. The van der Waals surface area contributed by atoms with Crippen molar-refractivity contribution in [3.8, 4) is 5.75 Å². The number of carboxylic acid groups (broad SMARTS) is 1. The fourth-order valence-electron chi connectivity index (χ4n) is 1.75. The van der Waals surface area contributed by atoms with Crippen LogP contribution in [0.3, 0.4) is 0 Å². The Balaban J connectivity index is 2.17. The first kappa shape index (κ1) is 13.5. The van der Waals surface area contributed by atoms with Crippen LogP contribution in [0.5, 0.6) is 5.75 Å². The summed E-state index contributed by atoms with van der Waals surface area (Å²) in [6.07, 6.45) is 0. The summed E-state index contributed by atoms with van der Waals surface area (Å²) in [6, 6.07) is 14.8. The second kappa shape index (κ2) is 6.29. The number of para-hydroxylation sites is 1. The zero-order valence-corrected chi connectivity index (χ0v) is 11.3. The van der Waals surface area contributed by atoms with Crippen LogP contribution in [-0.4, -0.2) is 18.2 Å². The zero-order valence-electron chi connectivity index (χ0n) is 10.5. The average molecular weight is 274 g/mol. The summed E-state index contributed by atoms with van der Waals surface area (Å²) in [7, 11) is 1.63. The first-order valence-electron chi connectivity index (χ1n) is 5.79. The number of benzene rings is 2. The van der Waals surface area contributed by atoms with E-state index in [0.29, 0.717) is 11.3 Å². The summed E-state index contributed by atoms with van der Waals surface area (Å²) in [5.74, 6) is 0.514. The van der Waals surface area contributed by atoms with Crippen molar-refractivity contribution in [3.05, 3.63) is 59.7 Å². The summed E-state index contributed by atoms with van der Waals surface area (Å²) < 4.78 is 5.27. The number of hydrogen-bond donors (Lipinski definition) is 1. The number of carboxylic acids is 1. The van der Waals surface area contributed by atoms with Crippen LogP contribution in [0.25, 0.3) is 0 Å². The third kappa shape index (κ3) is 3.29. The van der Waals surface area contributed by atoms with Gasteiger partial charge in [-0.05, 0) is 23.8 Å². The van der Waals surface area contributed by atoms with E-state index in [1.165, 1.54) is 0 Å². The molecule has 0 saturated heterocycles. The van der Waals surface area contributed by atoms with Crippen molar-refractivity contribution in [2.75, 3.05) is 7.11 Å². The second-order valence-electron chi connectivity index (χ2n) is 3.90. The van der Waals surface area contributed by atoms with Gasteiger partial charge < -0.3 is 9.84 Å². The molecule has 0 atom stereocenters. The van der Waals surface area contributed by atoms with E-state index in [2.05, 4.69) is 0 Å². The first-order chi connectivity index (χ1) is 9.22. The summed E-state index contributed by atoms with van der Waals surface area (Å²) in [6.45, 7) is 0. The minimum Gasteiger partial charge on any atom is -0.496 e. The quantitative estimate of drug-likeness (QED) is 0.845. The van der Waals surface area contributed by atoms with Gasteiger partial charge in [-0.25, -0.2) is 4.79 Å². The highest BCUT2D eigenvalue weighted by Gasteiger charge is 2.10. The van der Waals surface area contributed by atoms with Gasteiger partial charge in [-0.3, -0.25) is 0 Å². The molecule has 0 saturated carbocycles. The highest BCUT2D eigenvalue weighted by atomic mass is 32.2. The van der Waals surface area contributed by atoms with E-state index in [9.17, 15) is 4.79 Å². The molecule has 2 aromatic carbocycles. The van der Waals surface area contributed by atoms with E-state index in [0.717, 1.165) is 16.2 Å². The van der Waals surface area contributed by atoms with Crippen molar-refractivity contribution in [1.82, 2.24) is 0 Å². The Labute approximate surface area is 116 Å². The van der Waals surface area contributed by atoms with Gasteiger partial charge in [-0.15, -0.1) is 11.8 Å². The van der Waals surface area contributed by atoms with Crippen LogP contribution in [0.2, 0.25) is 0 Å². The molecule has 0 radical (unpaired) electrons. The first-order valence-corrected chi connectivity index (χ1v) is 6.78. The smallest absolute Gasteiger partial charge is 0.335 e. The van der Waals surface area contributed by atoms with Crippen molar-refractivity contribution in [2.24, 2.45) is 0 Å². The summed E-state index contributed by atoms with van der Waals surface area (Å²) in [5, 5.41) is 9.13. The van der Waals surface area contributed by atoms with Gasteiger partial charge in [-0.2, -0.15) is 0 Å².